The molecule has 30 heavy (non-hydrogen) atoms. The molecule has 2 aliphatic heterocycles. The summed E-state index contributed by atoms with van der Waals surface area (Å²) in [7, 11) is 1.60. The quantitative estimate of drug-likeness (QED) is 0.816. The van der Waals surface area contributed by atoms with Gasteiger partial charge in [0.1, 0.15) is 11.9 Å². The molecule has 0 spiro atoms. The average molecular weight is 408 g/mol. The fourth-order valence-electron chi connectivity index (χ4n) is 3.72. The summed E-state index contributed by atoms with van der Waals surface area (Å²) in [6, 6.07) is 13.0. The predicted molar refractivity (Wildman–Crippen MR) is 109 cm³/mol. The van der Waals surface area contributed by atoms with Gasteiger partial charge in [0, 0.05) is 12.7 Å². The van der Waals surface area contributed by atoms with E-state index >= 15 is 0 Å². The van der Waals surface area contributed by atoms with Crippen molar-refractivity contribution >= 4 is 23.5 Å². The molecule has 2 heterocycles. The molecule has 0 saturated heterocycles. The SMILES string of the molecule is C[C@H](C(=O)Nc1ccc(F)cc1)N1CC2=C(C1=O)[C@H](c1ccccc1)NC(=O)N2C. The van der Waals surface area contributed by atoms with Gasteiger partial charge in [0.25, 0.3) is 5.91 Å². The average Bonchev–Trinajstić information content (AvgIpc) is 3.10. The van der Waals surface area contributed by atoms with Crippen molar-refractivity contribution < 1.29 is 18.8 Å². The summed E-state index contributed by atoms with van der Waals surface area (Å²) in [5, 5.41) is 5.56. The predicted octanol–water partition coefficient (Wildman–Crippen LogP) is 2.65. The zero-order valence-corrected chi connectivity index (χ0v) is 16.6. The lowest BCUT2D eigenvalue weighted by molar-refractivity contribution is -0.133. The molecule has 154 valence electrons. The fourth-order valence-corrected chi connectivity index (χ4v) is 3.72. The van der Waals surface area contributed by atoms with Crippen LogP contribution >= 0.6 is 0 Å². The number of hydrogen-bond acceptors (Lipinski definition) is 3. The molecule has 0 saturated carbocycles. The number of likely N-dealkylation sites (N-methyl/N-ethyl adjacent to an activating group) is 1. The molecule has 0 radical (unpaired) electrons. The molecular formula is C22H21FN4O3. The molecule has 0 bridgehead atoms. The molecule has 2 atom stereocenters. The third-order valence-corrected chi connectivity index (χ3v) is 5.48. The highest BCUT2D eigenvalue weighted by Gasteiger charge is 2.45. The van der Waals surface area contributed by atoms with Gasteiger partial charge in [-0.15, -0.1) is 0 Å². The van der Waals surface area contributed by atoms with Crippen molar-refractivity contribution in [3.63, 3.8) is 0 Å². The van der Waals surface area contributed by atoms with Gasteiger partial charge in [-0.25, -0.2) is 9.18 Å². The van der Waals surface area contributed by atoms with E-state index in [1.807, 2.05) is 30.3 Å². The number of nitrogens with one attached hydrogen (secondary N) is 2. The van der Waals surface area contributed by atoms with Crippen LogP contribution < -0.4 is 10.6 Å². The Balaban J connectivity index is 1.58. The smallest absolute Gasteiger partial charge is 0.322 e. The van der Waals surface area contributed by atoms with Crippen molar-refractivity contribution in [3.05, 3.63) is 77.2 Å². The van der Waals surface area contributed by atoms with Crippen LogP contribution in [0.15, 0.2) is 65.9 Å². The van der Waals surface area contributed by atoms with Gasteiger partial charge in [-0.2, -0.15) is 0 Å². The van der Waals surface area contributed by atoms with Gasteiger partial charge in [-0.05, 0) is 36.8 Å². The number of anilines is 1. The lowest BCUT2D eigenvalue weighted by Crippen LogP contribution is -2.45. The Labute approximate surface area is 173 Å². The minimum atomic E-state index is -0.784. The van der Waals surface area contributed by atoms with Crippen LogP contribution in [0.25, 0.3) is 0 Å². The van der Waals surface area contributed by atoms with E-state index < -0.39 is 23.8 Å². The fraction of sp³-hybridized carbons (Fsp3) is 0.227. The summed E-state index contributed by atoms with van der Waals surface area (Å²) in [6.45, 7) is 1.78. The number of halogens is 1. The molecule has 2 aliphatic rings. The van der Waals surface area contributed by atoms with Gasteiger partial charge in [0.05, 0.1) is 23.9 Å². The van der Waals surface area contributed by atoms with Crippen molar-refractivity contribution in [3.8, 4) is 0 Å². The molecule has 7 nitrogen and oxygen atoms in total. The van der Waals surface area contributed by atoms with Gasteiger partial charge < -0.3 is 15.5 Å². The molecular weight excluding hydrogens is 387 g/mol. The number of rotatable bonds is 4. The first kappa shape index (κ1) is 19.6. The Hall–Kier alpha value is -3.68. The molecule has 2 N–H and O–H groups in total. The van der Waals surface area contributed by atoms with Gasteiger partial charge >= 0.3 is 6.03 Å². The highest BCUT2D eigenvalue weighted by molar-refractivity contribution is 6.05. The summed E-state index contributed by atoms with van der Waals surface area (Å²) < 4.78 is 13.1. The van der Waals surface area contributed by atoms with Crippen molar-refractivity contribution in [2.45, 2.75) is 19.0 Å². The van der Waals surface area contributed by atoms with Gasteiger partial charge in [-0.3, -0.25) is 14.5 Å². The third-order valence-electron chi connectivity index (χ3n) is 5.48. The van der Waals surface area contributed by atoms with E-state index in [0.717, 1.165) is 5.56 Å². The number of carbonyl (C=O) groups excluding carboxylic acids is 3. The van der Waals surface area contributed by atoms with Crippen molar-refractivity contribution in [1.29, 1.82) is 0 Å². The molecule has 2 aromatic rings. The van der Waals surface area contributed by atoms with Crippen molar-refractivity contribution in [2.24, 2.45) is 0 Å². The molecule has 0 aliphatic carbocycles. The monoisotopic (exact) mass is 408 g/mol. The third kappa shape index (κ3) is 3.41. The number of urea groups is 1. The maximum absolute atomic E-state index is 13.3. The molecule has 0 aromatic heterocycles. The van der Waals surface area contributed by atoms with E-state index in [1.165, 1.54) is 34.1 Å². The molecule has 4 rings (SSSR count). The van der Waals surface area contributed by atoms with Crippen molar-refractivity contribution in [2.75, 3.05) is 18.9 Å². The highest BCUT2D eigenvalue weighted by Crippen LogP contribution is 2.36. The van der Waals surface area contributed by atoms with Crippen molar-refractivity contribution in [1.82, 2.24) is 15.1 Å². The first-order chi connectivity index (χ1) is 14.4. The van der Waals surface area contributed by atoms with Crippen LogP contribution in [0.3, 0.4) is 0 Å². The highest BCUT2D eigenvalue weighted by atomic mass is 19.1. The lowest BCUT2D eigenvalue weighted by Gasteiger charge is -2.31. The van der Waals surface area contributed by atoms with E-state index in [-0.39, 0.29) is 18.5 Å². The van der Waals surface area contributed by atoms with E-state index in [4.69, 9.17) is 0 Å². The van der Waals surface area contributed by atoms with Gasteiger partial charge in [0.15, 0.2) is 0 Å². The largest absolute Gasteiger partial charge is 0.327 e. The molecule has 0 fully saturated rings. The molecule has 2 aromatic carbocycles. The Morgan fingerprint density at radius 2 is 1.80 bits per heavy atom. The Morgan fingerprint density at radius 1 is 1.13 bits per heavy atom. The van der Waals surface area contributed by atoms with E-state index in [0.29, 0.717) is 17.0 Å². The van der Waals surface area contributed by atoms with E-state index in [9.17, 15) is 18.8 Å². The Bertz CT molecular complexity index is 1040. The Kier molecular flexibility index (Phi) is 4.99. The van der Waals surface area contributed by atoms with Crippen LogP contribution in [0, 0.1) is 5.82 Å². The first-order valence-electron chi connectivity index (χ1n) is 9.56. The summed E-state index contributed by atoms with van der Waals surface area (Å²) in [6.07, 6.45) is 0. The summed E-state index contributed by atoms with van der Waals surface area (Å²) in [5.41, 5.74) is 2.28. The van der Waals surface area contributed by atoms with Crippen LogP contribution in [0.2, 0.25) is 0 Å². The maximum Gasteiger partial charge on any atom is 0.322 e. The topological polar surface area (TPSA) is 81.8 Å². The minimum Gasteiger partial charge on any atom is -0.327 e. The summed E-state index contributed by atoms with van der Waals surface area (Å²) >= 11 is 0. The van der Waals surface area contributed by atoms with Crippen LogP contribution in [0.1, 0.15) is 18.5 Å². The first-order valence-corrected chi connectivity index (χ1v) is 9.56. The number of hydrogen-bond donors (Lipinski definition) is 2. The summed E-state index contributed by atoms with van der Waals surface area (Å²) in [5.74, 6) is -1.10. The number of benzene rings is 2. The normalized spacial score (nSPS) is 19.5. The second kappa shape index (κ2) is 7.62. The minimum absolute atomic E-state index is 0.152. The second-order valence-electron chi connectivity index (χ2n) is 7.32. The van der Waals surface area contributed by atoms with Crippen LogP contribution in [0.4, 0.5) is 14.9 Å². The number of nitrogens with zero attached hydrogens (tertiary/aromatic N) is 2. The van der Waals surface area contributed by atoms with E-state index in [2.05, 4.69) is 10.6 Å². The van der Waals surface area contributed by atoms with E-state index in [1.54, 1.807) is 14.0 Å². The zero-order chi connectivity index (χ0) is 21.4. The molecule has 8 heteroatoms. The van der Waals surface area contributed by atoms with Gasteiger partial charge in [0.2, 0.25) is 5.91 Å². The number of carbonyl (C=O) groups is 3. The molecule has 4 amide bonds. The van der Waals surface area contributed by atoms with Crippen LogP contribution in [-0.2, 0) is 9.59 Å². The summed E-state index contributed by atoms with van der Waals surface area (Å²) in [4.78, 5) is 41.3. The standard InChI is InChI=1S/C22H21FN4O3/c1-13(20(28)24-16-10-8-15(23)9-11-16)27-12-17-18(21(27)29)19(25-22(30)26(17)2)14-6-4-3-5-7-14/h3-11,13,19H,12H2,1-2H3,(H,24,28)(H,25,30)/t13-,19+/m1/s1. The number of amides is 4. The van der Waals surface area contributed by atoms with Crippen LogP contribution in [-0.4, -0.2) is 47.3 Å². The Morgan fingerprint density at radius 3 is 2.47 bits per heavy atom. The van der Waals surface area contributed by atoms with Gasteiger partial charge in [-0.1, -0.05) is 30.3 Å². The zero-order valence-electron chi connectivity index (χ0n) is 16.6. The second-order valence-corrected chi connectivity index (χ2v) is 7.32. The maximum atomic E-state index is 13.3. The molecule has 0 unspecified atom stereocenters. The lowest BCUT2D eigenvalue weighted by atomic mass is 9.96. The van der Waals surface area contributed by atoms with Crippen LogP contribution in [0.5, 0.6) is 0 Å².